The topological polar surface area (TPSA) is 94.4 Å². The quantitative estimate of drug-likeness (QED) is 0.444. The Labute approximate surface area is 191 Å². The van der Waals surface area contributed by atoms with Crippen LogP contribution in [0.15, 0.2) is 52.2 Å². The lowest BCUT2D eigenvalue weighted by atomic mass is 9.96. The molecule has 166 valence electrons. The number of hydrogen-bond acceptors (Lipinski definition) is 6. The average molecular weight is 480 g/mol. The van der Waals surface area contributed by atoms with Gasteiger partial charge in [0.25, 0.3) is 0 Å². The molecule has 1 aliphatic rings. The summed E-state index contributed by atoms with van der Waals surface area (Å²) in [6.45, 7) is 1.51. The molecule has 0 radical (unpaired) electrons. The molecule has 4 rings (SSSR count). The van der Waals surface area contributed by atoms with Gasteiger partial charge in [0.2, 0.25) is 11.8 Å². The molecule has 2 aromatic carbocycles. The van der Waals surface area contributed by atoms with Gasteiger partial charge in [0.05, 0.1) is 11.4 Å². The molecule has 0 fully saturated rings. The molecule has 6 nitrogen and oxygen atoms in total. The second-order valence-electron chi connectivity index (χ2n) is 7.19. The van der Waals surface area contributed by atoms with Crippen LogP contribution in [-0.4, -0.2) is 21.4 Å². The van der Waals surface area contributed by atoms with E-state index < -0.39 is 17.7 Å². The molecule has 1 aromatic heterocycles. The molecule has 3 aromatic rings. The monoisotopic (exact) mass is 479 g/mol. The van der Waals surface area contributed by atoms with Crippen molar-refractivity contribution in [3.8, 4) is 11.5 Å². The first kappa shape index (κ1) is 22.3. The van der Waals surface area contributed by atoms with Crippen LogP contribution < -0.4 is 10.5 Å². The minimum Gasteiger partial charge on any atom is -0.453 e. The molecule has 32 heavy (non-hydrogen) atoms. The molecule has 3 N–H and O–H groups in total. The number of anilines is 1. The summed E-state index contributed by atoms with van der Waals surface area (Å²) in [6.07, 6.45) is 0.478. The first-order chi connectivity index (χ1) is 15.2. The lowest BCUT2D eigenvalue weighted by Gasteiger charge is -2.16. The van der Waals surface area contributed by atoms with E-state index in [2.05, 4.69) is 10.2 Å². The van der Waals surface area contributed by atoms with Gasteiger partial charge in [-0.15, -0.1) is 10.2 Å². The van der Waals surface area contributed by atoms with Crippen molar-refractivity contribution in [3.05, 3.63) is 81.0 Å². The Morgan fingerprint density at radius 1 is 1.22 bits per heavy atom. The molecule has 0 bridgehead atoms. The van der Waals surface area contributed by atoms with Crippen LogP contribution in [0.2, 0.25) is 10.0 Å². The summed E-state index contributed by atoms with van der Waals surface area (Å²) in [5.74, 6) is -1.13. The fourth-order valence-corrected chi connectivity index (χ4v) is 3.69. The highest BCUT2D eigenvalue weighted by atomic mass is 35.5. The number of benzene rings is 2. The molecule has 0 amide bonds. The molecular weight excluding hydrogens is 463 g/mol. The summed E-state index contributed by atoms with van der Waals surface area (Å²) in [4.78, 5) is 0. The number of allylic oxidation sites excluding steroid dienone is 2. The van der Waals surface area contributed by atoms with Crippen LogP contribution in [0.1, 0.15) is 30.7 Å². The van der Waals surface area contributed by atoms with Crippen LogP contribution in [0.5, 0.6) is 11.5 Å². The summed E-state index contributed by atoms with van der Waals surface area (Å²) < 4.78 is 40.4. The second-order valence-corrected chi connectivity index (χ2v) is 8.04. The van der Waals surface area contributed by atoms with Crippen molar-refractivity contribution < 1.29 is 23.0 Å². The number of ether oxygens (including phenoxy) is 1. The van der Waals surface area contributed by atoms with Gasteiger partial charge in [-0.25, -0.2) is 8.78 Å². The zero-order valence-corrected chi connectivity index (χ0v) is 18.2. The van der Waals surface area contributed by atoms with E-state index in [1.807, 2.05) is 0 Å². The number of aliphatic hydroxyl groups excluding tert-OH is 1. The fraction of sp³-hybridized carbons (Fsp3) is 0.182. The average Bonchev–Trinajstić information content (AvgIpc) is 3.19. The molecule has 0 saturated carbocycles. The van der Waals surface area contributed by atoms with Gasteiger partial charge in [0.1, 0.15) is 17.7 Å². The second kappa shape index (κ2) is 8.90. The molecule has 10 heteroatoms. The molecule has 1 heterocycles. The van der Waals surface area contributed by atoms with Crippen LogP contribution in [0, 0.1) is 5.82 Å². The number of aliphatic hydroxyl groups is 1. The lowest BCUT2D eigenvalue weighted by Crippen LogP contribution is -2.12. The first-order valence-corrected chi connectivity index (χ1v) is 10.3. The normalized spacial score (nSPS) is 16.3. The number of rotatable bonds is 5. The standard InChI is InChI=1S/C22H17Cl2F2N3O3/c1-10-15(3-5-17(30)19(10)25)22-29-28-18(32-22)6-11-2-4-16(24)21(20(11)26)31-14-8-12(23)7-13(27)9-14/h2-4,7-9,17,30H,5-6,27H2,1H3. The van der Waals surface area contributed by atoms with E-state index in [9.17, 15) is 9.50 Å². The van der Waals surface area contributed by atoms with Crippen LogP contribution in [0.4, 0.5) is 14.5 Å². The summed E-state index contributed by atoms with van der Waals surface area (Å²) in [5.41, 5.74) is 6.90. The maximum atomic E-state index is 15.2. The number of nitrogen functional groups attached to an aromatic ring is 1. The zero-order valence-electron chi connectivity index (χ0n) is 16.7. The van der Waals surface area contributed by atoms with E-state index in [1.165, 1.54) is 37.3 Å². The molecule has 0 aliphatic heterocycles. The Balaban J connectivity index is 1.59. The Bertz CT molecular complexity index is 1240. The maximum Gasteiger partial charge on any atom is 0.247 e. The SMILES string of the molecule is CC1=C(F)C(O)CC=C1c1nnc(Cc2ccc(Cl)c(Oc3cc(N)cc(Cl)c3)c2F)o1. The summed E-state index contributed by atoms with van der Waals surface area (Å²) >= 11 is 12.1. The Kier molecular flexibility index (Phi) is 6.19. The largest absolute Gasteiger partial charge is 0.453 e. The van der Waals surface area contributed by atoms with Crippen molar-refractivity contribution in [2.24, 2.45) is 0 Å². The maximum absolute atomic E-state index is 15.2. The van der Waals surface area contributed by atoms with E-state index >= 15 is 4.39 Å². The number of hydrogen-bond donors (Lipinski definition) is 2. The molecule has 0 saturated heterocycles. The highest BCUT2D eigenvalue weighted by molar-refractivity contribution is 6.32. The van der Waals surface area contributed by atoms with Crippen LogP contribution in [-0.2, 0) is 6.42 Å². The van der Waals surface area contributed by atoms with Gasteiger partial charge in [0.15, 0.2) is 11.6 Å². The van der Waals surface area contributed by atoms with Gasteiger partial charge in [-0.05, 0) is 37.1 Å². The minimum atomic E-state index is -1.18. The minimum absolute atomic E-state index is 0.0504. The predicted octanol–water partition coefficient (Wildman–Crippen LogP) is 5.87. The van der Waals surface area contributed by atoms with E-state index in [0.29, 0.717) is 16.3 Å². The highest BCUT2D eigenvalue weighted by Crippen LogP contribution is 2.37. The van der Waals surface area contributed by atoms with Gasteiger partial charge in [0, 0.05) is 27.9 Å². The number of nitrogens with zero attached hydrogens (tertiary/aromatic N) is 2. The Morgan fingerprint density at radius 2 is 2.00 bits per heavy atom. The number of halogens is 4. The van der Waals surface area contributed by atoms with Crippen molar-refractivity contribution in [2.45, 2.75) is 25.9 Å². The summed E-state index contributed by atoms with van der Waals surface area (Å²) in [5, 5.41) is 17.8. The van der Waals surface area contributed by atoms with Gasteiger partial charge in [-0.1, -0.05) is 35.3 Å². The molecular formula is C22H17Cl2F2N3O3. The first-order valence-electron chi connectivity index (χ1n) is 9.51. The third-order valence-electron chi connectivity index (χ3n) is 4.88. The van der Waals surface area contributed by atoms with Gasteiger partial charge >= 0.3 is 0 Å². The van der Waals surface area contributed by atoms with Crippen molar-refractivity contribution in [1.29, 1.82) is 0 Å². The van der Waals surface area contributed by atoms with Crippen molar-refractivity contribution in [2.75, 3.05) is 5.73 Å². The molecule has 1 atom stereocenters. The summed E-state index contributed by atoms with van der Waals surface area (Å²) in [6, 6.07) is 7.45. The van der Waals surface area contributed by atoms with Gasteiger partial charge in [-0.3, -0.25) is 0 Å². The third-order valence-corrected chi connectivity index (χ3v) is 5.40. The van der Waals surface area contributed by atoms with Crippen molar-refractivity contribution >= 4 is 34.5 Å². The Hall–Kier alpha value is -2.94. The molecule has 1 unspecified atom stereocenters. The van der Waals surface area contributed by atoms with E-state index in [4.69, 9.17) is 38.1 Å². The van der Waals surface area contributed by atoms with Crippen LogP contribution >= 0.6 is 23.2 Å². The predicted molar refractivity (Wildman–Crippen MR) is 117 cm³/mol. The molecule has 0 spiro atoms. The third kappa shape index (κ3) is 4.48. The highest BCUT2D eigenvalue weighted by Gasteiger charge is 2.25. The number of nitrogens with two attached hydrogens (primary N) is 1. The van der Waals surface area contributed by atoms with Crippen molar-refractivity contribution in [3.63, 3.8) is 0 Å². The smallest absolute Gasteiger partial charge is 0.247 e. The van der Waals surface area contributed by atoms with Gasteiger partial charge < -0.3 is 20.0 Å². The number of aromatic nitrogens is 2. The van der Waals surface area contributed by atoms with Crippen LogP contribution in [0.25, 0.3) is 5.57 Å². The Morgan fingerprint density at radius 3 is 2.75 bits per heavy atom. The fourth-order valence-electron chi connectivity index (χ4n) is 3.27. The van der Waals surface area contributed by atoms with E-state index in [1.54, 1.807) is 6.08 Å². The molecule has 1 aliphatic carbocycles. The zero-order chi connectivity index (χ0) is 23.0. The van der Waals surface area contributed by atoms with Gasteiger partial charge in [-0.2, -0.15) is 0 Å². The van der Waals surface area contributed by atoms with Crippen molar-refractivity contribution in [1.82, 2.24) is 10.2 Å². The summed E-state index contributed by atoms with van der Waals surface area (Å²) in [7, 11) is 0. The van der Waals surface area contributed by atoms with Crippen LogP contribution in [0.3, 0.4) is 0 Å². The lowest BCUT2D eigenvalue weighted by molar-refractivity contribution is 0.182. The van der Waals surface area contributed by atoms with E-state index in [0.717, 1.165) is 0 Å². The van der Waals surface area contributed by atoms with E-state index in [-0.39, 0.29) is 52.3 Å².